The molecule has 0 bridgehead atoms. The Morgan fingerprint density at radius 2 is 2.19 bits per heavy atom. The number of rotatable bonds is 4. The van der Waals surface area contributed by atoms with Crippen LogP contribution in [-0.2, 0) is 4.84 Å². The zero-order valence-electron chi connectivity index (χ0n) is 12.5. The summed E-state index contributed by atoms with van der Waals surface area (Å²) in [5.74, 6) is 2.08. The van der Waals surface area contributed by atoms with Crippen LogP contribution in [0.3, 0.4) is 0 Å². The molecular formula is C15H24N4O2. The summed E-state index contributed by atoms with van der Waals surface area (Å²) in [5.41, 5.74) is 3.08. The van der Waals surface area contributed by atoms with Crippen LogP contribution in [0.4, 0.5) is 5.82 Å². The van der Waals surface area contributed by atoms with E-state index in [0.717, 1.165) is 18.9 Å². The molecule has 0 amide bonds. The number of hydrogen-bond donors (Lipinski definition) is 3. The highest BCUT2D eigenvalue weighted by Crippen LogP contribution is 2.33. The van der Waals surface area contributed by atoms with Gasteiger partial charge in [0.25, 0.3) is 5.56 Å². The number of aromatic amines is 1. The Hall–Kier alpha value is -1.40. The summed E-state index contributed by atoms with van der Waals surface area (Å²) in [5, 5.41) is 3.28. The van der Waals surface area contributed by atoms with Crippen molar-refractivity contribution in [3.63, 3.8) is 0 Å². The molecule has 1 aromatic rings. The molecule has 0 spiro atoms. The van der Waals surface area contributed by atoms with Gasteiger partial charge in [0.1, 0.15) is 5.82 Å². The Kier molecular flexibility index (Phi) is 4.55. The SMILES string of the molecule is CC1CC(C2CCC(CNc3cc(=O)[nH]cn3)CC2)NO1. The summed E-state index contributed by atoms with van der Waals surface area (Å²) in [6.07, 6.45) is 7.88. The number of H-pyrrole nitrogens is 1. The van der Waals surface area contributed by atoms with E-state index >= 15 is 0 Å². The third kappa shape index (κ3) is 3.83. The zero-order valence-corrected chi connectivity index (χ0v) is 12.5. The molecule has 2 aliphatic rings. The molecule has 3 N–H and O–H groups in total. The van der Waals surface area contributed by atoms with Gasteiger partial charge < -0.3 is 10.3 Å². The second kappa shape index (κ2) is 6.58. The monoisotopic (exact) mass is 292 g/mol. The van der Waals surface area contributed by atoms with Crippen LogP contribution in [0.25, 0.3) is 0 Å². The molecule has 1 saturated heterocycles. The fourth-order valence-corrected chi connectivity index (χ4v) is 3.45. The molecule has 1 saturated carbocycles. The minimum Gasteiger partial charge on any atom is -0.370 e. The van der Waals surface area contributed by atoms with Gasteiger partial charge in [0.15, 0.2) is 0 Å². The number of nitrogens with one attached hydrogen (secondary N) is 3. The highest BCUT2D eigenvalue weighted by atomic mass is 16.7. The van der Waals surface area contributed by atoms with Crippen LogP contribution in [0.2, 0.25) is 0 Å². The van der Waals surface area contributed by atoms with Gasteiger partial charge in [-0.25, -0.2) is 4.98 Å². The van der Waals surface area contributed by atoms with E-state index in [-0.39, 0.29) is 5.56 Å². The third-order valence-corrected chi connectivity index (χ3v) is 4.72. The van der Waals surface area contributed by atoms with Gasteiger partial charge in [0.2, 0.25) is 0 Å². The molecule has 3 rings (SSSR count). The highest BCUT2D eigenvalue weighted by Gasteiger charge is 2.32. The molecule has 6 nitrogen and oxygen atoms in total. The Labute approximate surface area is 124 Å². The summed E-state index contributed by atoms with van der Waals surface area (Å²) < 4.78 is 0. The average Bonchev–Trinajstić information content (AvgIpc) is 2.92. The fraction of sp³-hybridized carbons (Fsp3) is 0.733. The van der Waals surface area contributed by atoms with E-state index in [1.165, 1.54) is 38.1 Å². The number of aromatic nitrogens is 2. The average molecular weight is 292 g/mol. The minimum atomic E-state index is -0.113. The van der Waals surface area contributed by atoms with E-state index in [9.17, 15) is 4.79 Å². The molecule has 1 aromatic heterocycles. The first-order chi connectivity index (χ1) is 10.2. The van der Waals surface area contributed by atoms with Gasteiger partial charge in [-0.1, -0.05) is 0 Å². The first kappa shape index (κ1) is 14.5. The van der Waals surface area contributed by atoms with Gasteiger partial charge >= 0.3 is 0 Å². The summed E-state index contributed by atoms with van der Waals surface area (Å²) in [7, 11) is 0. The van der Waals surface area contributed by atoms with Crippen molar-refractivity contribution < 1.29 is 4.84 Å². The zero-order chi connectivity index (χ0) is 14.7. The predicted octanol–water partition coefficient (Wildman–Crippen LogP) is 1.67. The first-order valence-corrected chi connectivity index (χ1v) is 7.90. The summed E-state index contributed by atoms with van der Waals surface area (Å²) in [6, 6.07) is 2.04. The molecule has 6 heteroatoms. The molecule has 2 unspecified atom stereocenters. The van der Waals surface area contributed by atoms with E-state index in [1.807, 2.05) is 0 Å². The van der Waals surface area contributed by atoms with Gasteiger partial charge in [-0.2, -0.15) is 5.48 Å². The maximum absolute atomic E-state index is 11.2. The standard InChI is InChI=1S/C15H24N4O2/c1-10-6-13(19-21-10)12-4-2-11(3-5-12)8-16-14-7-15(20)18-9-17-14/h7,9-13,19H,2-6,8H2,1H3,(H2,16,17,18,20). The predicted molar refractivity (Wildman–Crippen MR) is 80.9 cm³/mol. The molecule has 0 aromatic carbocycles. The van der Waals surface area contributed by atoms with Gasteiger partial charge in [-0.15, -0.1) is 0 Å². The van der Waals surface area contributed by atoms with E-state index < -0.39 is 0 Å². The molecule has 1 aliphatic heterocycles. The molecule has 116 valence electrons. The molecule has 2 heterocycles. The fourth-order valence-electron chi connectivity index (χ4n) is 3.45. The molecule has 21 heavy (non-hydrogen) atoms. The lowest BCUT2D eigenvalue weighted by atomic mass is 9.77. The van der Waals surface area contributed by atoms with Crippen molar-refractivity contribution in [1.82, 2.24) is 15.4 Å². The Morgan fingerprint density at radius 3 is 2.86 bits per heavy atom. The van der Waals surface area contributed by atoms with E-state index in [1.54, 1.807) is 0 Å². The van der Waals surface area contributed by atoms with Crippen molar-refractivity contribution >= 4 is 5.82 Å². The third-order valence-electron chi connectivity index (χ3n) is 4.72. The lowest BCUT2D eigenvalue weighted by Gasteiger charge is -2.31. The van der Waals surface area contributed by atoms with Crippen LogP contribution >= 0.6 is 0 Å². The van der Waals surface area contributed by atoms with Gasteiger partial charge in [0.05, 0.1) is 12.4 Å². The molecule has 2 atom stereocenters. The maximum atomic E-state index is 11.2. The number of anilines is 1. The second-order valence-electron chi connectivity index (χ2n) is 6.35. The summed E-state index contributed by atoms with van der Waals surface area (Å²) >= 11 is 0. The normalized spacial score (nSPS) is 33.0. The smallest absolute Gasteiger partial charge is 0.252 e. The van der Waals surface area contributed by atoms with Crippen molar-refractivity contribution in [2.24, 2.45) is 11.8 Å². The second-order valence-corrected chi connectivity index (χ2v) is 6.35. The first-order valence-electron chi connectivity index (χ1n) is 7.90. The number of hydroxylamine groups is 1. The van der Waals surface area contributed by atoms with Crippen molar-refractivity contribution in [1.29, 1.82) is 0 Å². The summed E-state index contributed by atoms with van der Waals surface area (Å²) in [4.78, 5) is 23.3. The van der Waals surface area contributed by atoms with Crippen molar-refractivity contribution in [2.75, 3.05) is 11.9 Å². The van der Waals surface area contributed by atoms with Crippen LogP contribution in [0.1, 0.15) is 39.0 Å². The molecule has 2 fully saturated rings. The van der Waals surface area contributed by atoms with Gasteiger partial charge in [-0.3, -0.25) is 9.63 Å². The number of nitrogens with zero attached hydrogens (tertiary/aromatic N) is 1. The van der Waals surface area contributed by atoms with Gasteiger partial charge in [0, 0.05) is 18.7 Å². The molecule has 0 radical (unpaired) electrons. The Morgan fingerprint density at radius 1 is 1.38 bits per heavy atom. The number of hydrogen-bond acceptors (Lipinski definition) is 5. The maximum Gasteiger partial charge on any atom is 0.252 e. The van der Waals surface area contributed by atoms with Gasteiger partial charge in [-0.05, 0) is 50.9 Å². The van der Waals surface area contributed by atoms with E-state index in [0.29, 0.717) is 23.9 Å². The van der Waals surface area contributed by atoms with Crippen LogP contribution < -0.4 is 16.4 Å². The van der Waals surface area contributed by atoms with Crippen molar-refractivity contribution in [3.05, 3.63) is 22.7 Å². The largest absolute Gasteiger partial charge is 0.370 e. The molecular weight excluding hydrogens is 268 g/mol. The van der Waals surface area contributed by atoms with Crippen LogP contribution in [0.15, 0.2) is 17.2 Å². The summed E-state index contributed by atoms with van der Waals surface area (Å²) in [6.45, 7) is 3.02. The van der Waals surface area contributed by atoms with Crippen molar-refractivity contribution in [2.45, 2.75) is 51.2 Å². The van der Waals surface area contributed by atoms with E-state index in [4.69, 9.17) is 4.84 Å². The lowest BCUT2D eigenvalue weighted by Crippen LogP contribution is -2.33. The van der Waals surface area contributed by atoms with Crippen molar-refractivity contribution in [3.8, 4) is 0 Å². The topological polar surface area (TPSA) is 79.0 Å². The Balaban J connectivity index is 1.42. The van der Waals surface area contributed by atoms with Crippen LogP contribution in [0, 0.1) is 11.8 Å². The molecule has 1 aliphatic carbocycles. The highest BCUT2D eigenvalue weighted by molar-refractivity contribution is 5.31. The van der Waals surface area contributed by atoms with E-state index in [2.05, 4.69) is 27.7 Å². The quantitative estimate of drug-likeness (QED) is 0.787. The lowest BCUT2D eigenvalue weighted by molar-refractivity contribution is 0.0271. The van der Waals surface area contributed by atoms with Crippen LogP contribution in [-0.4, -0.2) is 28.7 Å². The Bertz CT molecular complexity index is 510. The van der Waals surface area contributed by atoms with Crippen LogP contribution in [0.5, 0.6) is 0 Å². The minimum absolute atomic E-state index is 0.113.